The molecule has 0 fully saturated rings. The van der Waals surface area contributed by atoms with Crippen LogP contribution >= 0.6 is 0 Å². The first kappa shape index (κ1) is 11.7. The molecular formula is C11H22O. The Balaban J connectivity index is 4.10. The summed E-state index contributed by atoms with van der Waals surface area (Å²) in [5.41, 5.74) is 0.804. The molecule has 0 aliphatic rings. The van der Waals surface area contributed by atoms with Gasteiger partial charge in [-0.1, -0.05) is 18.6 Å². The molecule has 0 radical (unpaired) electrons. The van der Waals surface area contributed by atoms with Crippen LogP contribution in [0.15, 0.2) is 11.6 Å². The highest BCUT2D eigenvalue weighted by Crippen LogP contribution is 2.20. The lowest BCUT2D eigenvalue weighted by Crippen LogP contribution is -2.22. The van der Waals surface area contributed by atoms with Crippen LogP contribution in [0.25, 0.3) is 0 Å². The van der Waals surface area contributed by atoms with Crippen LogP contribution in [0, 0.1) is 5.92 Å². The molecule has 0 amide bonds. The maximum absolute atomic E-state index is 9.60. The van der Waals surface area contributed by atoms with Gasteiger partial charge < -0.3 is 5.11 Å². The van der Waals surface area contributed by atoms with Gasteiger partial charge in [-0.05, 0) is 46.5 Å². The Kier molecular flexibility index (Phi) is 4.54. The second kappa shape index (κ2) is 4.66. The normalized spacial score (nSPS) is 14.2. The fourth-order valence-corrected chi connectivity index (χ4v) is 1.43. The lowest BCUT2D eigenvalue weighted by molar-refractivity contribution is 0.0585. The molecule has 1 unspecified atom stereocenters. The predicted octanol–water partition coefficient (Wildman–Crippen LogP) is 3.14. The minimum Gasteiger partial charge on any atom is -0.390 e. The predicted molar refractivity (Wildman–Crippen MR) is 54.1 cm³/mol. The molecule has 72 valence electrons. The largest absolute Gasteiger partial charge is 0.390 e. The van der Waals surface area contributed by atoms with Crippen molar-refractivity contribution < 1.29 is 5.11 Å². The van der Waals surface area contributed by atoms with Crippen LogP contribution < -0.4 is 0 Å². The number of hydrogen-bond donors (Lipinski definition) is 1. The Hall–Kier alpha value is -0.300. The van der Waals surface area contributed by atoms with Crippen molar-refractivity contribution in [1.82, 2.24) is 0 Å². The number of hydrogen-bond acceptors (Lipinski definition) is 1. The van der Waals surface area contributed by atoms with Crippen molar-refractivity contribution in [2.24, 2.45) is 5.92 Å². The Morgan fingerprint density at radius 1 is 1.42 bits per heavy atom. The van der Waals surface area contributed by atoms with Crippen LogP contribution in [-0.4, -0.2) is 10.7 Å². The van der Waals surface area contributed by atoms with Gasteiger partial charge in [-0.25, -0.2) is 0 Å². The number of aliphatic hydroxyl groups is 1. The first-order valence-corrected chi connectivity index (χ1v) is 4.72. The van der Waals surface area contributed by atoms with E-state index in [9.17, 15) is 5.11 Å². The molecule has 0 spiro atoms. The summed E-state index contributed by atoms with van der Waals surface area (Å²) in [6.45, 7) is 10.1. The fraction of sp³-hybridized carbons (Fsp3) is 0.818. The second-order valence-corrected chi connectivity index (χ2v) is 4.43. The third kappa shape index (κ3) is 6.41. The van der Waals surface area contributed by atoms with E-state index < -0.39 is 5.60 Å². The zero-order chi connectivity index (χ0) is 9.78. The number of allylic oxidation sites excluding steroid dienone is 2. The maximum Gasteiger partial charge on any atom is 0.0597 e. The summed E-state index contributed by atoms with van der Waals surface area (Å²) in [6.07, 6.45) is 4.21. The molecule has 0 aliphatic carbocycles. The Bertz CT molecular complexity index is 147. The van der Waals surface area contributed by atoms with Crippen molar-refractivity contribution in [1.29, 1.82) is 0 Å². The van der Waals surface area contributed by atoms with Crippen LogP contribution in [0.3, 0.4) is 0 Å². The molecule has 1 atom stereocenters. The third-order valence-corrected chi connectivity index (χ3v) is 1.86. The van der Waals surface area contributed by atoms with E-state index in [1.54, 1.807) is 0 Å². The van der Waals surface area contributed by atoms with Gasteiger partial charge in [0.25, 0.3) is 0 Å². The molecule has 0 rings (SSSR count). The molecule has 0 aromatic rings. The van der Waals surface area contributed by atoms with E-state index in [4.69, 9.17) is 0 Å². The van der Waals surface area contributed by atoms with Crippen molar-refractivity contribution in [3.05, 3.63) is 11.6 Å². The highest BCUT2D eigenvalue weighted by atomic mass is 16.3. The summed E-state index contributed by atoms with van der Waals surface area (Å²) in [6, 6.07) is 0. The van der Waals surface area contributed by atoms with Crippen molar-refractivity contribution >= 4 is 0 Å². The van der Waals surface area contributed by atoms with Gasteiger partial charge in [-0.2, -0.15) is 0 Å². The topological polar surface area (TPSA) is 20.2 Å². The minimum atomic E-state index is -0.535. The van der Waals surface area contributed by atoms with Gasteiger partial charge in [0.2, 0.25) is 0 Å². The first-order valence-electron chi connectivity index (χ1n) is 4.72. The molecular weight excluding hydrogens is 148 g/mol. The summed E-state index contributed by atoms with van der Waals surface area (Å²) < 4.78 is 0. The molecule has 12 heavy (non-hydrogen) atoms. The summed E-state index contributed by atoms with van der Waals surface area (Å²) in [5.74, 6) is 0.523. The van der Waals surface area contributed by atoms with Crippen LogP contribution in [0.5, 0.6) is 0 Å². The van der Waals surface area contributed by atoms with Crippen LogP contribution in [-0.2, 0) is 0 Å². The second-order valence-electron chi connectivity index (χ2n) is 4.43. The van der Waals surface area contributed by atoms with Gasteiger partial charge in [-0.15, -0.1) is 0 Å². The molecule has 0 bridgehead atoms. The zero-order valence-electron chi connectivity index (χ0n) is 9.02. The number of rotatable bonds is 4. The van der Waals surface area contributed by atoms with Gasteiger partial charge >= 0.3 is 0 Å². The Labute approximate surface area is 76.5 Å². The molecule has 0 aromatic heterocycles. The highest BCUT2D eigenvalue weighted by Gasteiger charge is 2.17. The third-order valence-electron chi connectivity index (χ3n) is 1.86. The van der Waals surface area contributed by atoms with Crippen molar-refractivity contribution in [2.75, 3.05) is 0 Å². The molecule has 0 saturated heterocycles. The van der Waals surface area contributed by atoms with Crippen molar-refractivity contribution in [3.63, 3.8) is 0 Å². The SMILES string of the molecule is CCC(C=C(C)C)CC(C)(C)O. The van der Waals surface area contributed by atoms with Crippen LogP contribution in [0.1, 0.15) is 47.5 Å². The smallest absolute Gasteiger partial charge is 0.0597 e. The van der Waals surface area contributed by atoms with Gasteiger partial charge in [0, 0.05) is 0 Å². The quantitative estimate of drug-likeness (QED) is 0.643. The van der Waals surface area contributed by atoms with E-state index in [-0.39, 0.29) is 0 Å². The van der Waals surface area contributed by atoms with Crippen LogP contribution in [0.2, 0.25) is 0 Å². The van der Waals surface area contributed by atoms with Crippen LogP contribution in [0.4, 0.5) is 0 Å². The van der Waals surface area contributed by atoms with E-state index in [0.29, 0.717) is 5.92 Å². The van der Waals surface area contributed by atoms with E-state index in [0.717, 1.165) is 12.8 Å². The molecule has 1 heteroatoms. The van der Waals surface area contributed by atoms with E-state index in [2.05, 4.69) is 26.8 Å². The molecule has 0 aromatic carbocycles. The van der Waals surface area contributed by atoms with Gasteiger partial charge in [-0.3, -0.25) is 0 Å². The van der Waals surface area contributed by atoms with Crippen molar-refractivity contribution in [3.8, 4) is 0 Å². The summed E-state index contributed by atoms with van der Waals surface area (Å²) in [4.78, 5) is 0. The lowest BCUT2D eigenvalue weighted by atomic mass is 9.90. The van der Waals surface area contributed by atoms with E-state index in [1.165, 1.54) is 5.57 Å². The average molecular weight is 170 g/mol. The van der Waals surface area contributed by atoms with Gasteiger partial charge in [0.05, 0.1) is 5.60 Å². The molecule has 1 nitrogen and oxygen atoms in total. The summed E-state index contributed by atoms with van der Waals surface area (Å²) in [5, 5.41) is 9.60. The lowest BCUT2D eigenvalue weighted by Gasteiger charge is -2.22. The van der Waals surface area contributed by atoms with Gasteiger partial charge in [0.1, 0.15) is 0 Å². The highest BCUT2D eigenvalue weighted by molar-refractivity contribution is 4.98. The fourth-order valence-electron chi connectivity index (χ4n) is 1.43. The van der Waals surface area contributed by atoms with E-state index in [1.807, 2.05) is 13.8 Å². The minimum absolute atomic E-state index is 0.523. The summed E-state index contributed by atoms with van der Waals surface area (Å²) in [7, 11) is 0. The van der Waals surface area contributed by atoms with Gasteiger partial charge in [0.15, 0.2) is 0 Å². The maximum atomic E-state index is 9.60. The Morgan fingerprint density at radius 2 is 1.92 bits per heavy atom. The summed E-state index contributed by atoms with van der Waals surface area (Å²) >= 11 is 0. The Morgan fingerprint density at radius 3 is 2.17 bits per heavy atom. The molecule has 0 heterocycles. The van der Waals surface area contributed by atoms with Crippen molar-refractivity contribution in [2.45, 2.75) is 53.1 Å². The molecule has 0 aliphatic heterocycles. The zero-order valence-corrected chi connectivity index (χ0v) is 9.02. The standard InChI is InChI=1S/C11H22O/c1-6-10(7-9(2)3)8-11(4,5)12/h7,10,12H,6,8H2,1-5H3. The molecule has 0 saturated carbocycles. The average Bonchev–Trinajstić information content (AvgIpc) is 1.82. The molecule has 1 N–H and O–H groups in total. The van der Waals surface area contributed by atoms with E-state index >= 15 is 0 Å². The first-order chi connectivity index (χ1) is 5.35. The monoisotopic (exact) mass is 170 g/mol.